The van der Waals surface area contributed by atoms with E-state index < -0.39 is 12.0 Å². The first-order valence-electron chi connectivity index (χ1n) is 6.90. The summed E-state index contributed by atoms with van der Waals surface area (Å²) in [7, 11) is 1.66. The minimum Gasteiger partial charge on any atom is -0.480 e. The molecule has 2 rings (SSSR count). The van der Waals surface area contributed by atoms with Crippen molar-refractivity contribution in [3.05, 3.63) is 0 Å². The summed E-state index contributed by atoms with van der Waals surface area (Å²) in [4.78, 5) is 24.7. The average Bonchev–Trinajstić information content (AvgIpc) is 2.37. The lowest BCUT2D eigenvalue weighted by molar-refractivity contribution is -0.143. The zero-order valence-electron chi connectivity index (χ0n) is 11.4. The molecule has 6 nitrogen and oxygen atoms in total. The molecule has 1 saturated heterocycles. The molecule has 19 heavy (non-hydrogen) atoms. The summed E-state index contributed by atoms with van der Waals surface area (Å²) in [6, 6.07) is -0.968. The van der Waals surface area contributed by atoms with Crippen LogP contribution in [0.2, 0.25) is 0 Å². The fraction of sp³-hybridized carbons (Fsp3) is 0.846. The van der Waals surface area contributed by atoms with Crippen LogP contribution in [0.3, 0.4) is 0 Å². The second-order valence-electron chi connectivity index (χ2n) is 5.44. The number of carboxylic acid groups (broad SMARTS) is 1. The smallest absolute Gasteiger partial charge is 0.326 e. The second kappa shape index (κ2) is 5.77. The van der Waals surface area contributed by atoms with Gasteiger partial charge in [-0.15, -0.1) is 0 Å². The number of methoxy groups -OCH3 is 1. The van der Waals surface area contributed by atoms with E-state index in [1.807, 2.05) is 0 Å². The van der Waals surface area contributed by atoms with E-state index in [4.69, 9.17) is 9.84 Å². The van der Waals surface area contributed by atoms with Gasteiger partial charge in [0.2, 0.25) is 0 Å². The van der Waals surface area contributed by atoms with Crippen LogP contribution in [0.25, 0.3) is 0 Å². The van der Waals surface area contributed by atoms with Crippen molar-refractivity contribution < 1.29 is 19.4 Å². The van der Waals surface area contributed by atoms with Crippen LogP contribution >= 0.6 is 0 Å². The third kappa shape index (κ3) is 3.00. The summed E-state index contributed by atoms with van der Waals surface area (Å²) < 4.78 is 5.44. The number of carbonyl (C=O) groups excluding carboxylic acids is 1. The van der Waals surface area contributed by atoms with Crippen LogP contribution in [0, 0.1) is 0 Å². The zero-order valence-corrected chi connectivity index (χ0v) is 11.4. The van der Waals surface area contributed by atoms with Crippen LogP contribution in [-0.4, -0.2) is 53.8 Å². The Bertz CT molecular complexity index is 349. The van der Waals surface area contributed by atoms with Gasteiger partial charge >= 0.3 is 12.0 Å². The van der Waals surface area contributed by atoms with Crippen molar-refractivity contribution in [1.82, 2.24) is 10.2 Å². The third-order valence-electron chi connectivity index (χ3n) is 4.31. The van der Waals surface area contributed by atoms with Gasteiger partial charge in [0.05, 0.1) is 5.60 Å². The maximum Gasteiger partial charge on any atom is 0.326 e. The summed E-state index contributed by atoms with van der Waals surface area (Å²) in [5.41, 5.74) is -0.232. The van der Waals surface area contributed by atoms with E-state index in [9.17, 15) is 9.59 Å². The Morgan fingerprint density at radius 3 is 2.63 bits per heavy atom. The van der Waals surface area contributed by atoms with E-state index in [0.717, 1.165) is 32.1 Å². The molecule has 1 saturated carbocycles. The van der Waals surface area contributed by atoms with Gasteiger partial charge < -0.3 is 20.1 Å². The van der Waals surface area contributed by atoms with E-state index in [1.165, 1.54) is 4.90 Å². The van der Waals surface area contributed by atoms with Crippen molar-refractivity contribution >= 4 is 12.0 Å². The van der Waals surface area contributed by atoms with Crippen molar-refractivity contribution in [3.8, 4) is 0 Å². The molecular weight excluding hydrogens is 248 g/mol. The SMILES string of the molecule is COC1(CNC(=O)N2CCCCC2C(=O)O)CCC1. The van der Waals surface area contributed by atoms with Crippen molar-refractivity contribution in [2.75, 3.05) is 20.2 Å². The predicted molar refractivity (Wildman–Crippen MR) is 69.0 cm³/mol. The molecule has 2 aliphatic rings. The highest BCUT2D eigenvalue weighted by Crippen LogP contribution is 2.34. The molecule has 0 aromatic heterocycles. The molecule has 1 aliphatic carbocycles. The van der Waals surface area contributed by atoms with Crippen molar-refractivity contribution in [3.63, 3.8) is 0 Å². The lowest BCUT2D eigenvalue weighted by Crippen LogP contribution is -2.56. The topological polar surface area (TPSA) is 78.9 Å². The quantitative estimate of drug-likeness (QED) is 0.804. The minimum absolute atomic E-state index is 0.232. The molecule has 1 heterocycles. The molecule has 2 N–H and O–H groups in total. The zero-order chi connectivity index (χ0) is 13.9. The molecule has 1 aliphatic heterocycles. The fourth-order valence-corrected chi connectivity index (χ4v) is 2.79. The highest BCUT2D eigenvalue weighted by molar-refractivity contribution is 5.82. The number of carboxylic acids is 1. The number of nitrogens with zero attached hydrogens (tertiary/aromatic N) is 1. The summed E-state index contributed by atoms with van der Waals surface area (Å²) in [6.45, 7) is 0.980. The number of aliphatic carboxylic acids is 1. The number of urea groups is 1. The highest BCUT2D eigenvalue weighted by atomic mass is 16.5. The Labute approximate surface area is 113 Å². The van der Waals surface area contributed by atoms with Gasteiger partial charge in [-0.25, -0.2) is 9.59 Å². The molecule has 108 valence electrons. The molecule has 0 spiro atoms. The van der Waals surface area contributed by atoms with Gasteiger partial charge in [0.15, 0.2) is 0 Å². The molecule has 2 amide bonds. The normalized spacial score (nSPS) is 25.5. The average molecular weight is 270 g/mol. The number of piperidine rings is 1. The monoisotopic (exact) mass is 270 g/mol. The molecule has 1 unspecified atom stereocenters. The minimum atomic E-state index is -0.917. The van der Waals surface area contributed by atoms with Gasteiger partial charge in [0.1, 0.15) is 6.04 Å². The van der Waals surface area contributed by atoms with Gasteiger partial charge in [0, 0.05) is 20.2 Å². The first-order valence-corrected chi connectivity index (χ1v) is 6.90. The molecule has 6 heteroatoms. The first kappa shape index (κ1) is 14.1. The third-order valence-corrected chi connectivity index (χ3v) is 4.31. The Balaban J connectivity index is 1.89. The lowest BCUT2D eigenvalue weighted by atomic mass is 9.80. The van der Waals surface area contributed by atoms with Gasteiger partial charge in [-0.05, 0) is 38.5 Å². The van der Waals surface area contributed by atoms with E-state index in [-0.39, 0.29) is 11.6 Å². The Kier molecular flexibility index (Phi) is 4.29. The Hall–Kier alpha value is -1.30. The number of likely N-dealkylation sites (tertiary alicyclic amines) is 1. The number of carbonyl (C=O) groups is 2. The number of ether oxygens (including phenoxy) is 1. The summed E-state index contributed by atoms with van der Waals surface area (Å²) in [5.74, 6) is -0.917. The molecule has 0 bridgehead atoms. The second-order valence-corrected chi connectivity index (χ2v) is 5.44. The van der Waals surface area contributed by atoms with Gasteiger partial charge in [0.25, 0.3) is 0 Å². The maximum absolute atomic E-state index is 12.1. The van der Waals surface area contributed by atoms with Gasteiger partial charge in [-0.1, -0.05) is 0 Å². The summed E-state index contributed by atoms with van der Waals surface area (Å²) in [6.07, 6.45) is 5.29. The summed E-state index contributed by atoms with van der Waals surface area (Å²) in [5, 5.41) is 12.0. The van der Waals surface area contributed by atoms with Crippen LogP contribution in [0.4, 0.5) is 4.79 Å². The highest BCUT2D eigenvalue weighted by Gasteiger charge is 2.38. The van der Waals surface area contributed by atoms with E-state index in [0.29, 0.717) is 19.5 Å². The number of amides is 2. The number of nitrogens with one attached hydrogen (secondary N) is 1. The summed E-state index contributed by atoms with van der Waals surface area (Å²) >= 11 is 0. The Morgan fingerprint density at radius 2 is 2.11 bits per heavy atom. The maximum atomic E-state index is 12.1. The van der Waals surface area contributed by atoms with Gasteiger partial charge in [-0.3, -0.25) is 0 Å². The van der Waals surface area contributed by atoms with Crippen molar-refractivity contribution in [1.29, 1.82) is 0 Å². The molecule has 0 radical (unpaired) electrons. The fourth-order valence-electron chi connectivity index (χ4n) is 2.79. The molecule has 2 fully saturated rings. The molecule has 1 atom stereocenters. The van der Waals surface area contributed by atoms with E-state index >= 15 is 0 Å². The lowest BCUT2D eigenvalue weighted by Gasteiger charge is -2.41. The molecular formula is C13H22N2O4. The van der Waals surface area contributed by atoms with Crippen LogP contribution < -0.4 is 5.32 Å². The molecule has 0 aromatic rings. The number of hydrogen-bond acceptors (Lipinski definition) is 3. The molecule has 0 aromatic carbocycles. The van der Waals surface area contributed by atoms with Crippen LogP contribution in [-0.2, 0) is 9.53 Å². The first-order chi connectivity index (χ1) is 9.08. The van der Waals surface area contributed by atoms with Gasteiger partial charge in [-0.2, -0.15) is 0 Å². The number of hydrogen-bond donors (Lipinski definition) is 2. The van der Waals surface area contributed by atoms with Crippen LogP contribution in [0.15, 0.2) is 0 Å². The Morgan fingerprint density at radius 1 is 1.37 bits per heavy atom. The van der Waals surface area contributed by atoms with E-state index in [1.54, 1.807) is 7.11 Å². The number of rotatable bonds is 4. The predicted octanol–water partition coefficient (Wildman–Crippen LogP) is 1.20. The van der Waals surface area contributed by atoms with Crippen molar-refractivity contribution in [2.45, 2.75) is 50.2 Å². The van der Waals surface area contributed by atoms with Crippen LogP contribution in [0.5, 0.6) is 0 Å². The van der Waals surface area contributed by atoms with E-state index in [2.05, 4.69) is 5.32 Å². The van der Waals surface area contributed by atoms with Crippen LogP contribution in [0.1, 0.15) is 38.5 Å². The largest absolute Gasteiger partial charge is 0.480 e. The van der Waals surface area contributed by atoms with Crippen molar-refractivity contribution in [2.24, 2.45) is 0 Å². The standard InChI is InChI=1S/C13H22N2O4/c1-19-13(6-4-7-13)9-14-12(18)15-8-3-2-5-10(15)11(16)17/h10H,2-9H2,1H3,(H,14,18)(H,16,17).